The molecule has 0 amide bonds. The Bertz CT molecular complexity index is 632. The minimum absolute atomic E-state index is 0.109. The van der Waals surface area contributed by atoms with Gasteiger partial charge in [-0.15, -0.1) is 0 Å². The molecule has 0 aliphatic rings. The molecule has 0 aromatic heterocycles. The predicted molar refractivity (Wildman–Crippen MR) is 98.1 cm³/mol. The Labute approximate surface area is 145 Å². The Morgan fingerprint density at radius 2 is 1.96 bits per heavy atom. The summed E-state index contributed by atoms with van der Waals surface area (Å²) in [6.07, 6.45) is 0.506. The van der Waals surface area contributed by atoms with Crippen molar-refractivity contribution in [2.24, 2.45) is 0 Å². The van der Waals surface area contributed by atoms with Gasteiger partial charge in [0.25, 0.3) is 0 Å². The standard InChI is InChI=1S/C17H19NO3S2/c1-2-15(19)12-20-11-13-6-8-16(9-7-13)21-17-5-3-4-14(10-17)18-23-22/h3-10,18,22H,2,11-12H2,1H3. The van der Waals surface area contributed by atoms with Crippen LogP contribution in [0.5, 0.6) is 11.5 Å². The summed E-state index contributed by atoms with van der Waals surface area (Å²) in [4.78, 5) is 11.2. The number of Topliss-reactive ketones (excluding diaryl/α,β-unsaturated/α-hetero) is 1. The second-order valence-electron chi connectivity index (χ2n) is 4.85. The van der Waals surface area contributed by atoms with E-state index in [1.807, 2.05) is 55.5 Å². The second-order valence-corrected chi connectivity index (χ2v) is 5.79. The second kappa shape index (κ2) is 9.50. The van der Waals surface area contributed by atoms with E-state index in [1.165, 1.54) is 11.0 Å². The number of hydrogen-bond donors (Lipinski definition) is 2. The van der Waals surface area contributed by atoms with Crippen LogP contribution < -0.4 is 9.46 Å². The fourth-order valence-corrected chi connectivity index (χ4v) is 2.40. The highest BCUT2D eigenvalue weighted by Gasteiger charge is 2.02. The Morgan fingerprint density at radius 1 is 1.17 bits per heavy atom. The molecule has 23 heavy (non-hydrogen) atoms. The van der Waals surface area contributed by atoms with Crippen molar-refractivity contribution < 1.29 is 14.3 Å². The average Bonchev–Trinajstić information content (AvgIpc) is 2.57. The first kappa shape index (κ1) is 17.7. The molecule has 0 saturated heterocycles. The summed E-state index contributed by atoms with van der Waals surface area (Å²) in [5.74, 6) is 1.60. The van der Waals surface area contributed by atoms with E-state index in [4.69, 9.17) is 9.47 Å². The Balaban J connectivity index is 1.89. The molecule has 0 aliphatic heterocycles. The summed E-state index contributed by atoms with van der Waals surface area (Å²) in [5.41, 5.74) is 1.93. The van der Waals surface area contributed by atoms with Gasteiger partial charge in [0, 0.05) is 29.2 Å². The van der Waals surface area contributed by atoms with Crippen molar-refractivity contribution >= 4 is 34.1 Å². The molecule has 2 rings (SSSR count). The third-order valence-electron chi connectivity index (χ3n) is 3.08. The maximum absolute atomic E-state index is 11.2. The fraction of sp³-hybridized carbons (Fsp3) is 0.235. The van der Waals surface area contributed by atoms with E-state index in [-0.39, 0.29) is 12.4 Å². The lowest BCUT2D eigenvalue weighted by Crippen LogP contribution is -2.06. The lowest BCUT2D eigenvalue weighted by Gasteiger charge is -2.09. The molecule has 0 saturated carbocycles. The highest BCUT2D eigenvalue weighted by Crippen LogP contribution is 2.26. The number of hydrogen-bond acceptors (Lipinski definition) is 6. The van der Waals surface area contributed by atoms with Crippen LogP contribution in [0.1, 0.15) is 18.9 Å². The van der Waals surface area contributed by atoms with Gasteiger partial charge < -0.3 is 14.2 Å². The number of rotatable bonds is 9. The van der Waals surface area contributed by atoms with Gasteiger partial charge in [-0.3, -0.25) is 4.79 Å². The third kappa shape index (κ3) is 6.17. The monoisotopic (exact) mass is 349 g/mol. The molecule has 0 heterocycles. The van der Waals surface area contributed by atoms with Gasteiger partial charge in [-0.2, -0.15) is 0 Å². The molecule has 122 valence electrons. The van der Waals surface area contributed by atoms with E-state index < -0.39 is 0 Å². The molecule has 0 fully saturated rings. The molecule has 0 bridgehead atoms. The van der Waals surface area contributed by atoms with Gasteiger partial charge in [-0.05, 0) is 29.8 Å². The SMILES string of the molecule is CCC(=O)COCc1ccc(Oc2cccc(NSS)c2)cc1. The van der Waals surface area contributed by atoms with Gasteiger partial charge in [0.2, 0.25) is 0 Å². The van der Waals surface area contributed by atoms with Gasteiger partial charge in [0.05, 0.1) is 6.61 Å². The van der Waals surface area contributed by atoms with E-state index in [9.17, 15) is 4.79 Å². The molecule has 0 spiro atoms. The number of nitrogens with one attached hydrogen (secondary N) is 1. The molecule has 6 heteroatoms. The number of benzene rings is 2. The zero-order valence-corrected chi connectivity index (χ0v) is 14.5. The van der Waals surface area contributed by atoms with Crippen LogP contribution in [0, 0.1) is 0 Å². The van der Waals surface area contributed by atoms with E-state index in [1.54, 1.807) is 0 Å². The van der Waals surface area contributed by atoms with E-state index in [2.05, 4.69) is 16.4 Å². The molecular weight excluding hydrogens is 330 g/mol. The number of anilines is 1. The van der Waals surface area contributed by atoms with Gasteiger partial charge in [-0.1, -0.05) is 36.8 Å². The smallest absolute Gasteiger partial charge is 0.158 e. The summed E-state index contributed by atoms with van der Waals surface area (Å²) < 4.78 is 14.2. The largest absolute Gasteiger partial charge is 0.457 e. The lowest BCUT2D eigenvalue weighted by atomic mass is 10.2. The van der Waals surface area contributed by atoms with Crippen molar-refractivity contribution in [2.75, 3.05) is 11.3 Å². The quantitative estimate of drug-likeness (QED) is 0.384. The van der Waals surface area contributed by atoms with Gasteiger partial charge in [0.15, 0.2) is 5.78 Å². The van der Waals surface area contributed by atoms with Gasteiger partial charge in [0.1, 0.15) is 18.1 Å². The summed E-state index contributed by atoms with van der Waals surface area (Å²) in [6, 6.07) is 15.3. The van der Waals surface area contributed by atoms with E-state index >= 15 is 0 Å². The number of carbonyl (C=O) groups excluding carboxylic acids is 1. The first-order valence-electron chi connectivity index (χ1n) is 7.24. The van der Waals surface area contributed by atoms with E-state index in [0.29, 0.717) is 13.0 Å². The predicted octanol–water partition coefficient (Wildman–Crippen LogP) is 4.88. The summed E-state index contributed by atoms with van der Waals surface area (Å²) in [7, 11) is 1.23. The zero-order chi connectivity index (χ0) is 16.5. The fourth-order valence-electron chi connectivity index (χ4n) is 1.85. The van der Waals surface area contributed by atoms with Crippen LogP contribution in [-0.2, 0) is 16.1 Å². The molecule has 2 aromatic rings. The number of ketones is 1. The summed E-state index contributed by atoms with van der Waals surface area (Å²) in [5, 5.41) is 0. The van der Waals surface area contributed by atoms with Crippen molar-refractivity contribution in [1.82, 2.24) is 0 Å². The highest BCUT2D eigenvalue weighted by atomic mass is 33.1. The number of thiol groups is 1. The van der Waals surface area contributed by atoms with Crippen molar-refractivity contribution in [3.63, 3.8) is 0 Å². The summed E-state index contributed by atoms with van der Waals surface area (Å²) in [6.45, 7) is 2.42. The van der Waals surface area contributed by atoms with Crippen LogP contribution in [0.4, 0.5) is 5.69 Å². The Hall–Kier alpha value is -1.63. The molecule has 2 aromatic carbocycles. The number of ether oxygens (including phenoxy) is 2. The molecule has 0 aliphatic carbocycles. The third-order valence-corrected chi connectivity index (χ3v) is 3.68. The first-order chi connectivity index (χ1) is 11.2. The highest BCUT2D eigenvalue weighted by molar-refractivity contribution is 8.69. The van der Waals surface area contributed by atoms with Crippen LogP contribution in [0.2, 0.25) is 0 Å². The molecular formula is C17H19NO3S2. The van der Waals surface area contributed by atoms with Gasteiger partial charge in [-0.25, -0.2) is 0 Å². The summed E-state index contributed by atoms with van der Waals surface area (Å²) >= 11 is 4.06. The minimum Gasteiger partial charge on any atom is -0.457 e. The molecule has 0 unspecified atom stereocenters. The van der Waals surface area contributed by atoms with Crippen molar-refractivity contribution in [1.29, 1.82) is 0 Å². The molecule has 4 nitrogen and oxygen atoms in total. The normalized spacial score (nSPS) is 10.3. The zero-order valence-electron chi connectivity index (χ0n) is 12.8. The number of carbonyl (C=O) groups is 1. The van der Waals surface area contributed by atoms with Crippen LogP contribution in [0.3, 0.4) is 0 Å². The first-order valence-corrected chi connectivity index (χ1v) is 9.11. The van der Waals surface area contributed by atoms with Crippen molar-refractivity contribution in [3.05, 3.63) is 54.1 Å². The van der Waals surface area contributed by atoms with E-state index in [0.717, 1.165) is 22.7 Å². The minimum atomic E-state index is 0.109. The Kier molecular flexibility index (Phi) is 7.32. The van der Waals surface area contributed by atoms with Crippen molar-refractivity contribution in [2.45, 2.75) is 20.0 Å². The van der Waals surface area contributed by atoms with Crippen LogP contribution in [0.15, 0.2) is 48.5 Å². The molecule has 0 radical (unpaired) electrons. The average molecular weight is 349 g/mol. The van der Waals surface area contributed by atoms with Crippen LogP contribution in [-0.4, -0.2) is 12.4 Å². The van der Waals surface area contributed by atoms with Crippen LogP contribution >= 0.6 is 22.6 Å². The molecule has 0 atom stereocenters. The maximum Gasteiger partial charge on any atom is 0.158 e. The Morgan fingerprint density at radius 3 is 2.65 bits per heavy atom. The van der Waals surface area contributed by atoms with Crippen molar-refractivity contribution in [3.8, 4) is 11.5 Å². The lowest BCUT2D eigenvalue weighted by molar-refractivity contribution is -0.123. The van der Waals surface area contributed by atoms with Gasteiger partial charge >= 0.3 is 0 Å². The maximum atomic E-state index is 11.2. The molecule has 1 N–H and O–H groups in total. The topological polar surface area (TPSA) is 47.6 Å². The van der Waals surface area contributed by atoms with Crippen LogP contribution in [0.25, 0.3) is 0 Å².